The average molecular weight is 379 g/mol. The molecule has 3 rings (SSSR count). The van der Waals surface area contributed by atoms with Crippen molar-refractivity contribution in [2.45, 2.75) is 13.0 Å². The average Bonchev–Trinajstić information content (AvgIpc) is 2.74. The molecule has 142 valence electrons. The van der Waals surface area contributed by atoms with Crippen LogP contribution in [0.1, 0.15) is 44.8 Å². The van der Waals surface area contributed by atoms with Crippen molar-refractivity contribution in [3.8, 4) is 0 Å². The molecule has 0 unspecified atom stereocenters. The van der Waals surface area contributed by atoms with Crippen LogP contribution in [0.2, 0.25) is 0 Å². The molecule has 1 atom stereocenters. The second kappa shape index (κ2) is 8.13. The Balaban J connectivity index is 1.76. The summed E-state index contributed by atoms with van der Waals surface area (Å²) in [6.45, 7) is 1.73. The minimum atomic E-state index is -0.950. The lowest BCUT2D eigenvalue weighted by Gasteiger charge is -2.25. The third-order valence-corrected chi connectivity index (χ3v) is 4.76. The van der Waals surface area contributed by atoms with Gasteiger partial charge < -0.3 is 4.90 Å². The maximum atomic E-state index is 13.5. The Kier molecular flexibility index (Phi) is 5.64. The summed E-state index contributed by atoms with van der Waals surface area (Å²) in [4.78, 5) is 26.6. The zero-order valence-electron chi connectivity index (χ0n) is 15.5. The van der Waals surface area contributed by atoms with Crippen LogP contribution in [0.3, 0.4) is 0 Å². The maximum absolute atomic E-state index is 13.5. The number of carbonyl (C=O) groups is 2. The summed E-state index contributed by atoms with van der Waals surface area (Å²) in [6, 6.07) is 18.4. The topological polar surface area (TPSA) is 37.4 Å². The summed E-state index contributed by atoms with van der Waals surface area (Å²) in [5.74, 6) is -2.28. The highest BCUT2D eigenvalue weighted by molar-refractivity contribution is 6.09. The molecule has 3 aromatic carbocycles. The fourth-order valence-corrected chi connectivity index (χ4v) is 2.90. The first-order chi connectivity index (χ1) is 13.4. The third kappa shape index (κ3) is 3.98. The van der Waals surface area contributed by atoms with Crippen molar-refractivity contribution in [2.75, 3.05) is 7.05 Å². The highest BCUT2D eigenvalue weighted by Crippen LogP contribution is 2.23. The molecule has 0 aliphatic heterocycles. The van der Waals surface area contributed by atoms with E-state index in [2.05, 4.69) is 0 Å². The number of amides is 1. The van der Waals surface area contributed by atoms with Gasteiger partial charge in [-0.1, -0.05) is 48.5 Å². The lowest BCUT2D eigenvalue weighted by molar-refractivity contribution is 0.0742. The van der Waals surface area contributed by atoms with E-state index in [4.69, 9.17) is 0 Å². The molecule has 5 heteroatoms. The Morgan fingerprint density at radius 1 is 0.786 bits per heavy atom. The van der Waals surface area contributed by atoms with E-state index in [1.54, 1.807) is 62.5 Å². The second-order valence-electron chi connectivity index (χ2n) is 6.54. The van der Waals surface area contributed by atoms with Gasteiger partial charge >= 0.3 is 0 Å². The normalized spacial score (nSPS) is 11.7. The van der Waals surface area contributed by atoms with Gasteiger partial charge in [0.05, 0.1) is 6.04 Å². The minimum absolute atomic E-state index is 0.122. The summed E-state index contributed by atoms with van der Waals surface area (Å²) in [5.41, 5.74) is 1.96. The molecule has 1 amide bonds. The van der Waals surface area contributed by atoms with Crippen molar-refractivity contribution in [1.29, 1.82) is 0 Å². The zero-order valence-corrected chi connectivity index (χ0v) is 15.5. The summed E-state index contributed by atoms with van der Waals surface area (Å²) in [7, 11) is 1.59. The highest BCUT2D eigenvalue weighted by atomic mass is 19.2. The van der Waals surface area contributed by atoms with Crippen molar-refractivity contribution >= 4 is 11.7 Å². The van der Waals surface area contributed by atoms with Gasteiger partial charge in [0.2, 0.25) is 0 Å². The summed E-state index contributed by atoms with van der Waals surface area (Å²) in [5, 5.41) is 0. The van der Waals surface area contributed by atoms with E-state index in [-0.39, 0.29) is 11.7 Å². The Labute approximate surface area is 162 Å². The number of carbonyl (C=O) groups excluding carboxylic acids is 2. The Bertz CT molecular complexity index is 1000. The first-order valence-corrected chi connectivity index (χ1v) is 8.80. The molecule has 0 heterocycles. The number of ketones is 1. The van der Waals surface area contributed by atoms with Crippen LogP contribution in [0.25, 0.3) is 0 Å². The van der Waals surface area contributed by atoms with Crippen LogP contribution >= 0.6 is 0 Å². The van der Waals surface area contributed by atoms with Crippen LogP contribution in [0.5, 0.6) is 0 Å². The molecule has 0 saturated heterocycles. The van der Waals surface area contributed by atoms with Crippen LogP contribution in [0.15, 0.2) is 72.8 Å². The summed E-state index contributed by atoms with van der Waals surface area (Å²) < 4.78 is 26.6. The molecule has 3 aromatic rings. The molecule has 0 aliphatic rings. The van der Waals surface area contributed by atoms with Gasteiger partial charge in [0.15, 0.2) is 17.4 Å². The molecule has 0 fully saturated rings. The Morgan fingerprint density at radius 3 is 1.96 bits per heavy atom. The monoisotopic (exact) mass is 379 g/mol. The van der Waals surface area contributed by atoms with E-state index in [1.807, 2.05) is 6.07 Å². The molecular weight excluding hydrogens is 360 g/mol. The molecule has 3 nitrogen and oxygen atoms in total. The van der Waals surface area contributed by atoms with Crippen molar-refractivity contribution in [2.24, 2.45) is 0 Å². The largest absolute Gasteiger partial charge is 0.335 e. The maximum Gasteiger partial charge on any atom is 0.254 e. The van der Waals surface area contributed by atoms with Gasteiger partial charge in [-0.25, -0.2) is 8.78 Å². The predicted molar refractivity (Wildman–Crippen MR) is 103 cm³/mol. The quantitative estimate of drug-likeness (QED) is 0.583. The number of hydrogen-bond donors (Lipinski definition) is 0. The van der Waals surface area contributed by atoms with Gasteiger partial charge in [-0.05, 0) is 36.8 Å². The van der Waals surface area contributed by atoms with Crippen LogP contribution in [0, 0.1) is 11.6 Å². The zero-order chi connectivity index (χ0) is 20.3. The van der Waals surface area contributed by atoms with E-state index in [9.17, 15) is 18.4 Å². The lowest BCUT2D eigenvalue weighted by atomic mass is 10.0. The number of halogens is 2. The van der Waals surface area contributed by atoms with E-state index in [0.717, 1.165) is 12.1 Å². The van der Waals surface area contributed by atoms with Crippen LogP contribution in [0.4, 0.5) is 8.78 Å². The highest BCUT2D eigenvalue weighted by Gasteiger charge is 2.20. The third-order valence-electron chi connectivity index (χ3n) is 4.76. The van der Waals surface area contributed by atoms with Gasteiger partial charge in [0.25, 0.3) is 5.91 Å². The van der Waals surface area contributed by atoms with E-state index >= 15 is 0 Å². The van der Waals surface area contributed by atoms with Crippen molar-refractivity contribution in [3.05, 3.63) is 107 Å². The molecule has 28 heavy (non-hydrogen) atoms. The summed E-state index contributed by atoms with van der Waals surface area (Å²) >= 11 is 0. The van der Waals surface area contributed by atoms with Crippen molar-refractivity contribution in [1.82, 2.24) is 4.90 Å². The molecule has 0 aliphatic carbocycles. The second-order valence-corrected chi connectivity index (χ2v) is 6.54. The molecule has 0 spiro atoms. The minimum Gasteiger partial charge on any atom is -0.335 e. The SMILES string of the molecule is C[C@H](c1ccc(F)c(F)c1)N(C)C(=O)c1ccc(C(=O)c2ccccc2)cc1. The standard InChI is InChI=1S/C23H19F2NO2/c1-15(19-12-13-20(24)21(25)14-19)26(2)23(28)18-10-8-17(9-11-18)22(27)16-6-4-3-5-7-16/h3-15H,1-2H3/t15-/m1/s1. The lowest BCUT2D eigenvalue weighted by Crippen LogP contribution is -2.29. The fourth-order valence-electron chi connectivity index (χ4n) is 2.90. The fraction of sp³-hybridized carbons (Fsp3) is 0.130. The first kappa shape index (κ1) is 19.4. The first-order valence-electron chi connectivity index (χ1n) is 8.80. The molecule has 0 N–H and O–H groups in total. The van der Waals surface area contributed by atoms with Crippen LogP contribution in [-0.4, -0.2) is 23.6 Å². The van der Waals surface area contributed by atoms with E-state index in [0.29, 0.717) is 22.3 Å². The molecule has 0 aromatic heterocycles. The molecular formula is C23H19F2NO2. The number of rotatable bonds is 5. The van der Waals surface area contributed by atoms with E-state index < -0.39 is 17.7 Å². The van der Waals surface area contributed by atoms with Gasteiger partial charge in [-0.3, -0.25) is 9.59 Å². The van der Waals surface area contributed by atoms with Gasteiger partial charge in [-0.15, -0.1) is 0 Å². The number of nitrogens with zero attached hydrogens (tertiary/aromatic N) is 1. The van der Waals surface area contributed by atoms with Gasteiger partial charge in [-0.2, -0.15) is 0 Å². The Hall–Kier alpha value is -3.34. The Morgan fingerprint density at radius 2 is 1.36 bits per heavy atom. The van der Waals surface area contributed by atoms with Gasteiger partial charge in [0, 0.05) is 23.7 Å². The molecule has 0 saturated carbocycles. The molecule has 0 radical (unpaired) electrons. The summed E-state index contributed by atoms with van der Waals surface area (Å²) in [6.07, 6.45) is 0. The number of hydrogen-bond acceptors (Lipinski definition) is 2. The van der Waals surface area contributed by atoms with Gasteiger partial charge in [0.1, 0.15) is 0 Å². The van der Waals surface area contributed by atoms with E-state index in [1.165, 1.54) is 11.0 Å². The van der Waals surface area contributed by atoms with Crippen LogP contribution in [-0.2, 0) is 0 Å². The van der Waals surface area contributed by atoms with Crippen LogP contribution < -0.4 is 0 Å². The van der Waals surface area contributed by atoms with Crippen molar-refractivity contribution < 1.29 is 18.4 Å². The predicted octanol–water partition coefficient (Wildman–Crippen LogP) is 5.03. The molecule has 0 bridgehead atoms. The van der Waals surface area contributed by atoms with Crippen molar-refractivity contribution in [3.63, 3.8) is 0 Å². The number of benzene rings is 3. The smallest absolute Gasteiger partial charge is 0.254 e.